The van der Waals surface area contributed by atoms with Gasteiger partial charge in [0.05, 0.1) is 19.8 Å². The number of halogens is 1. The number of piperidine rings is 1. The molecule has 1 unspecified atom stereocenters. The average molecular weight is 444 g/mol. The number of hydrogen-bond acceptors (Lipinski definition) is 3. The van der Waals surface area contributed by atoms with E-state index in [1.54, 1.807) is 0 Å². The van der Waals surface area contributed by atoms with Crippen LogP contribution in [0.3, 0.4) is 0 Å². The van der Waals surface area contributed by atoms with Gasteiger partial charge < -0.3 is 20.3 Å². The molecule has 1 aromatic carbocycles. The molecule has 1 atom stereocenters. The van der Waals surface area contributed by atoms with E-state index < -0.39 is 0 Å². The van der Waals surface area contributed by atoms with E-state index >= 15 is 0 Å². The maximum atomic E-state index is 6.16. The highest BCUT2D eigenvalue weighted by Gasteiger charge is 2.17. The lowest BCUT2D eigenvalue weighted by Gasteiger charge is -2.31. The number of hydrogen-bond donors (Lipinski definition) is 1. The molecule has 2 aliphatic rings. The molecule has 2 aliphatic heterocycles. The van der Waals surface area contributed by atoms with E-state index in [1.807, 2.05) is 0 Å². The molecule has 0 spiro atoms. The van der Waals surface area contributed by atoms with Crippen molar-refractivity contribution in [2.24, 2.45) is 16.6 Å². The summed E-state index contributed by atoms with van der Waals surface area (Å²) in [6.07, 6.45) is 2.51. The van der Waals surface area contributed by atoms with Crippen LogP contribution in [0.5, 0.6) is 0 Å². The summed E-state index contributed by atoms with van der Waals surface area (Å²) < 4.78 is 5.40. The summed E-state index contributed by atoms with van der Waals surface area (Å²) in [4.78, 5) is 9.16. The van der Waals surface area contributed by atoms with Crippen molar-refractivity contribution in [3.05, 3.63) is 29.8 Å². The van der Waals surface area contributed by atoms with Crippen molar-refractivity contribution in [2.45, 2.75) is 26.3 Å². The van der Waals surface area contributed by atoms with E-state index in [9.17, 15) is 0 Å². The van der Waals surface area contributed by atoms with Gasteiger partial charge in [0.15, 0.2) is 5.96 Å². The molecule has 6 heteroatoms. The van der Waals surface area contributed by atoms with Crippen molar-refractivity contribution in [3.63, 3.8) is 0 Å². The summed E-state index contributed by atoms with van der Waals surface area (Å²) in [7, 11) is 0. The summed E-state index contributed by atoms with van der Waals surface area (Å²) in [5.74, 6) is 1.40. The van der Waals surface area contributed by atoms with Crippen LogP contribution in [0.2, 0.25) is 0 Å². The van der Waals surface area contributed by atoms with E-state index in [1.165, 1.54) is 24.1 Å². The maximum Gasteiger partial charge on any atom is 0.191 e. The van der Waals surface area contributed by atoms with Crippen LogP contribution in [0.15, 0.2) is 29.3 Å². The number of guanidine groups is 1. The third-order valence-corrected chi connectivity index (χ3v) is 4.72. The molecule has 0 bridgehead atoms. The fraction of sp³-hybridized carbons (Fsp3) is 0.611. The third-order valence-electron chi connectivity index (χ3n) is 4.72. The van der Waals surface area contributed by atoms with Gasteiger partial charge in [-0.25, -0.2) is 4.99 Å². The third kappa shape index (κ3) is 5.24. The monoisotopic (exact) mass is 444 g/mol. The average Bonchev–Trinajstić information content (AvgIpc) is 2.61. The minimum atomic E-state index is 0. The highest BCUT2D eigenvalue weighted by atomic mass is 127. The Morgan fingerprint density at radius 1 is 1.21 bits per heavy atom. The summed E-state index contributed by atoms with van der Waals surface area (Å²) in [5.41, 5.74) is 8.63. The number of nitrogens with two attached hydrogens (primary N) is 1. The molecule has 3 rings (SSSR count). The van der Waals surface area contributed by atoms with Crippen LogP contribution in [-0.2, 0) is 11.3 Å². The Bertz CT molecular complexity index is 528. The largest absolute Gasteiger partial charge is 0.378 e. The van der Waals surface area contributed by atoms with E-state index in [0.29, 0.717) is 18.4 Å². The summed E-state index contributed by atoms with van der Waals surface area (Å²) in [6, 6.07) is 8.66. The minimum absolute atomic E-state index is 0. The van der Waals surface area contributed by atoms with Crippen molar-refractivity contribution in [1.29, 1.82) is 0 Å². The molecule has 1 aromatic rings. The van der Waals surface area contributed by atoms with Gasteiger partial charge in [0, 0.05) is 31.9 Å². The Morgan fingerprint density at radius 2 is 1.92 bits per heavy atom. The fourth-order valence-corrected chi connectivity index (χ4v) is 3.30. The first-order chi connectivity index (χ1) is 11.2. The zero-order valence-corrected chi connectivity index (χ0v) is 16.8. The number of morpholine rings is 1. The van der Waals surface area contributed by atoms with Crippen molar-refractivity contribution < 1.29 is 4.74 Å². The SMILES string of the molecule is CC1CCCN(C(N)=NCc2ccc(N3CCOCC3)cc2)C1.I. The molecule has 0 radical (unpaired) electrons. The maximum absolute atomic E-state index is 6.16. The van der Waals surface area contributed by atoms with Crippen molar-refractivity contribution in [1.82, 2.24) is 4.90 Å². The number of nitrogens with zero attached hydrogens (tertiary/aromatic N) is 3. The van der Waals surface area contributed by atoms with Gasteiger partial charge in [-0.15, -0.1) is 24.0 Å². The molecule has 5 nitrogen and oxygen atoms in total. The van der Waals surface area contributed by atoms with Gasteiger partial charge in [-0.2, -0.15) is 0 Å². The molecule has 24 heavy (non-hydrogen) atoms. The molecule has 0 saturated carbocycles. The quantitative estimate of drug-likeness (QED) is 0.443. The van der Waals surface area contributed by atoms with Gasteiger partial charge in [0.25, 0.3) is 0 Å². The first-order valence-electron chi connectivity index (χ1n) is 8.69. The zero-order valence-electron chi connectivity index (χ0n) is 14.5. The predicted molar refractivity (Wildman–Crippen MR) is 110 cm³/mol. The summed E-state index contributed by atoms with van der Waals surface area (Å²) in [5, 5.41) is 0. The minimum Gasteiger partial charge on any atom is -0.378 e. The second-order valence-corrected chi connectivity index (χ2v) is 6.63. The van der Waals surface area contributed by atoms with Crippen molar-refractivity contribution >= 4 is 35.6 Å². The van der Waals surface area contributed by atoms with Gasteiger partial charge in [-0.3, -0.25) is 0 Å². The first kappa shape index (κ1) is 19.3. The first-order valence-corrected chi connectivity index (χ1v) is 8.69. The molecule has 134 valence electrons. The van der Waals surface area contributed by atoms with E-state index in [0.717, 1.165) is 39.4 Å². The Balaban J connectivity index is 0.00000208. The van der Waals surface area contributed by atoms with Crippen molar-refractivity contribution in [2.75, 3.05) is 44.3 Å². The highest BCUT2D eigenvalue weighted by Crippen LogP contribution is 2.18. The molecule has 2 saturated heterocycles. The number of rotatable bonds is 3. The Morgan fingerprint density at radius 3 is 2.58 bits per heavy atom. The predicted octanol–water partition coefficient (Wildman–Crippen LogP) is 2.69. The molecule has 2 fully saturated rings. The number of likely N-dealkylation sites (tertiary alicyclic amines) is 1. The van der Waals surface area contributed by atoms with Crippen LogP contribution >= 0.6 is 24.0 Å². The van der Waals surface area contributed by atoms with Gasteiger partial charge >= 0.3 is 0 Å². The number of benzene rings is 1. The van der Waals surface area contributed by atoms with Crippen LogP contribution < -0.4 is 10.6 Å². The van der Waals surface area contributed by atoms with E-state index in [-0.39, 0.29) is 24.0 Å². The molecule has 0 aliphatic carbocycles. The fourth-order valence-electron chi connectivity index (χ4n) is 3.30. The topological polar surface area (TPSA) is 54.1 Å². The van der Waals surface area contributed by atoms with E-state index in [4.69, 9.17) is 10.5 Å². The van der Waals surface area contributed by atoms with Crippen LogP contribution in [0.4, 0.5) is 5.69 Å². The highest BCUT2D eigenvalue weighted by molar-refractivity contribution is 14.0. The zero-order chi connectivity index (χ0) is 16.1. The Hall–Kier alpha value is -1.02. The number of ether oxygens (including phenoxy) is 1. The van der Waals surface area contributed by atoms with Gasteiger partial charge in [0.1, 0.15) is 0 Å². The number of aliphatic imine (C=N–C) groups is 1. The lowest BCUT2D eigenvalue weighted by Crippen LogP contribution is -2.43. The lowest BCUT2D eigenvalue weighted by atomic mass is 10.0. The normalized spacial score (nSPS) is 22.2. The number of anilines is 1. The molecular weight excluding hydrogens is 415 g/mol. The van der Waals surface area contributed by atoms with Gasteiger partial charge in [0.2, 0.25) is 0 Å². The van der Waals surface area contributed by atoms with E-state index in [2.05, 4.69) is 46.0 Å². The molecule has 2 N–H and O–H groups in total. The molecule has 0 aromatic heterocycles. The molecule has 2 heterocycles. The second kappa shape index (κ2) is 9.46. The lowest BCUT2D eigenvalue weighted by molar-refractivity contribution is 0.122. The van der Waals surface area contributed by atoms with Crippen molar-refractivity contribution in [3.8, 4) is 0 Å². The van der Waals surface area contributed by atoms with Crippen LogP contribution in [0, 0.1) is 5.92 Å². The summed E-state index contributed by atoms with van der Waals surface area (Å²) in [6.45, 7) is 8.58. The van der Waals surface area contributed by atoms with Gasteiger partial charge in [-0.1, -0.05) is 19.1 Å². The van der Waals surface area contributed by atoms with Crippen LogP contribution in [0.1, 0.15) is 25.3 Å². The summed E-state index contributed by atoms with van der Waals surface area (Å²) >= 11 is 0. The smallest absolute Gasteiger partial charge is 0.191 e. The second-order valence-electron chi connectivity index (χ2n) is 6.63. The molecular formula is C18H29IN4O. The van der Waals surface area contributed by atoms with Crippen LogP contribution in [0.25, 0.3) is 0 Å². The molecule has 0 amide bonds. The van der Waals surface area contributed by atoms with Gasteiger partial charge in [-0.05, 0) is 36.5 Å². The Labute approximate surface area is 162 Å². The Kier molecular flexibility index (Phi) is 7.61. The van der Waals surface area contributed by atoms with Crippen LogP contribution in [-0.4, -0.2) is 50.3 Å². The standard InChI is InChI=1S/C18H28N4O.HI/c1-15-3-2-8-22(14-15)18(19)20-13-16-4-6-17(7-5-16)21-9-11-23-12-10-21;/h4-7,15H,2-3,8-14H2,1H3,(H2,19,20);1H.